The Morgan fingerprint density at radius 1 is 1.18 bits per heavy atom. The van der Waals surface area contributed by atoms with Crippen LogP contribution in [0.4, 0.5) is 4.39 Å². The molecule has 4 nitrogen and oxygen atoms in total. The van der Waals surface area contributed by atoms with Gasteiger partial charge in [-0.15, -0.1) is 0 Å². The monoisotopic (exact) mass is 302 g/mol. The van der Waals surface area contributed by atoms with Crippen molar-refractivity contribution in [3.63, 3.8) is 0 Å². The van der Waals surface area contributed by atoms with Gasteiger partial charge >= 0.3 is 0 Å². The van der Waals surface area contributed by atoms with Crippen LogP contribution in [-0.4, -0.2) is 17.4 Å². The van der Waals surface area contributed by atoms with Gasteiger partial charge in [-0.05, 0) is 54.3 Å². The number of rotatable bonds is 5. The predicted octanol–water partition coefficient (Wildman–Crippen LogP) is 2.96. The molecule has 0 aliphatic carbocycles. The number of pyridine rings is 1. The van der Waals surface area contributed by atoms with Gasteiger partial charge in [-0.2, -0.15) is 0 Å². The summed E-state index contributed by atoms with van der Waals surface area (Å²) in [6.07, 6.45) is 0.858. The van der Waals surface area contributed by atoms with Crippen molar-refractivity contribution in [3.8, 4) is 11.3 Å². The lowest BCUT2D eigenvalue weighted by Gasteiger charge is -2.07. The van der Waals surface area contributed by atoms with Gasteiger partial charge in [0.25, 0.3) is 11.5 Å². The number of H-pyrrole nitrogens is 1. The van der Waals surface area contributed by atoms with E-state index in [9.17, 15) is 14.0 Å². The Kier molecular flexibility index (Phi) is 5.09. The highest BCUT2D eigenvalue weighted by molar-refractivity contribution is 5.94. The number of amides is 1. The molecule has 22 heavy (non-hydrogen) atoms. The molecule has 1 aromatic carbocycles. The van der Waals surface area contributed by atoms with Crippen LogP contribution < -0.4 is 10.9 Å². The summed E-state index contributed by atoms with van der Waals surface area (Å²) in [4.78, 5) is 26.6. The van der Waals surface area contributed by atoms with Crippen LogP contribution in [0, 0.1) is 11.7 Å². The molecule has 0 radical (unpaired) electrons. The number of nitrogens with one attached hydrogen (secondary N) is 2. The van der Waals surface area contributed by atoms with Crippen molar-refractivity contribution in [1.82, 2.24) is 10.3 Å². The quantitative estimate of drug-likeness (QED) is 0.892. The van der Waals surface area contributed by atoms with E-state index in [1.54, 1.807) is 18.2 Å². The van der Waals surface area contributed by atoms with Crippen molar-refractivity contribution in [3.05, 3.63) is 58.1 Å². The molecule has 116 valence electrons. The summed E-state index contributed by atoms with van der Waals surface area (Å²) < 4.78 is 12.9. The Morgan fingerprint density at radius 3 is 2.45 bits per heavy atom. The van der Waals surface area contributed by atoms with Gasteiger partial charge in [0.1, 0.15) is 11.4 Å². The van der Waals surface area contributed by atoms with Gasteiger partial charge in [0.15, 0.2) is 0 Å². The molecule has 5 heteroatoms. The number of hydrogen-bond donors (Lipinski definition) is 2. The van der Waals surface area contributed by atoms with E-state index >= 15 is 0 Å². The predicted molar refractivity (Wildman–Crippen MR) is 84.2 cm³/mol. The first-order valence-corrected chi connectivity index (χ1v) is 7.25. The van der Waals surface area contributed by atoms with E-state index in [-0.39, 0.29) is 17.3 Å². The number of carbonyl (C=O) groups is 1. The lowest BCUT2D eigenvalue weighted by atomic mass is 10.1. The molecule has 0 saturated carbocycles. The van der Waals surface area contributed by atoms with Crippen molar-refractivity contribution >= 4 is 5.91 Å². The van der Waals surface area contributed by atoms with E-state index < -0.39 is 5.56 Å². The summed E-state index contributed by atoms with van der Waals surface area (Å²) in [5.41, 5.74) is 0.854. The normalized spacial score (nSPS) is 10.7. The number of hydrogen-bond acceptors (Lipinski definition) is 2. The molecule has 0 bridgehead atoms. The smallest absolute Gasteiger partial charge is 0.261 e. The molecule has 0 fully saturated rings. The molecular formula is C17H19FN2O2. The number of aromatic nitrogens is 1. The zero-order valence-corrected chi connectivity index (χ0v) is 12.7. The second-order valence-electron chi connectivity index (χ2n) is 5.56. The summed E-state index contributed by atoms with van der Waals surface area (Å²) in [5.74, 6) is -0.237. The maximum atomic E-state index is 12.9. The minimum absolute atomic E-state index is 0.0783. The molecule has 1 aromatic heterocycles. The Bertz CT molecular complexity index is 705. The topological polar surface area (TPSA) is 62.0 Å². The molecule has 0 atom stereocenters. The minimum atomic E-state index is -0.455. The second-order valence-corrected chi connectivity index (χ2v) is 5.56. The largest absolute Gasteiger partial charge is 0.352 e. The van der Waals surface area contributed by atoms with Crippen LogP contribution >= 0.6 is 0 Å². The molecule has 1 amide bonds. The molecular weight excluding hydrogens is 283 g/mol. The first-order chi connectivity index (χ1) is 10.5. The van der Waals surface area contributed by atoms with Crippen molar-refractivity contribution in [1.29, 1.82) is 0 Å². The van der Waals surface area contributed by atoms with Gasteiger partial charge in [-0.25, -0.2) is 4.39 Å². The molecule has 0 aliphatic heterocycles. The van der Waals surface area contributed by atoms with Crippen molar-refractivity contribution in [2.75, 3.05) is 6.54 Å². The number of benzene rings is 1. The average Bonchev–Trinajstić information content (AvgIpc) is 2.47. The molecule has 0 unspecified atom stereocenters. The Balaban J connectivity index is 2.14. The summed E-state index contributed by atoms with van der Waals surface area (Å²) in [6.45, 7) is 4.67. The Labute approximate surface area is 128 Å². The zero-order chi connectivity index (χ0) is 16.1. The maximum absolute atomic E-state index is 12.9. The molecule has 2 aromatic rings. The summed E-state index contributed by atoms with van der Waals surface area (Å²) in [6, 6.07) is 8.92. The molecule has 2 rings (SSSR count). The average molecular weight is 302 g/mol. The summed E-state index contributed by atoms with van der Waals surface area (Å²) in [7, 11) is 0. The van der Waals surface area contributed by atoms with Gasteiger partial charge in [-0.3, -0.25) is 9.59 Å². The van der Waals surface area contributed by atoms with Crippen LogP contribution in [0.15, 0.2) is 41.2 Å². The maximum Gasteiger partial charge on any atom is 0.261 e. The van der Waals surface area contributed by atoms with E-state index in [2.05, 4.69) is 24.1 Å². The fourth-order valence-electron chi connectivity index (χ4n) is 2.02. The zero-order valence-electron chi connectivity index (χ0n) is 12.7. The first-order valence-electron chi connectivity index (χ1n) is 7.25. The first kappa shape index (κ1) is 15.9. The number of aromatic amines is 1. The van der Waals surface area contributed by atoms with Crippen LogP contribution in [0.1, 0.15) is 30.6 Å². The third kappa shape index (κ3) is 4.04. The van der Waals surface area contributed by atoms with E-state index in [0.29, 0.717) is 23.7 Å². The molecule has 0 saturated heterocycles. The highest BCUT2D eigenvalue weighted by atomic mass is 19.1. The van der Waals surface area contributed by atoms with Crippen LogP contribution in [-0.2, 0) is 0 Å². The lowest BCUT2D eigenvalue weighted by Crippen LogP contribution is -2.30. The summed E-state index contributed by atoms with van der Waals surface area (Å²) >= 11 is 0. The fraction of sp³-hybridized carbons (Fsp3) is 0.294. The van der Waals surface area contributed by atoms with E-state index in [1.807, 2.05) is 0 Å². The Morgan fingerprint density at radius 2 is 1.86 bits per heavy atom. The van der Waals surface area contributed by atoms with Crippen LogP contribution in [0.5, 0.6) is 0 Å². The van der Waals surface area contributed by atoms with Gasteiger partial charge in [-0.1, -0.05) is 13.8 Å². The molecule has 0 aliphatic rings. The standard InChI is InChI=1S/C17H19FN2O2/c1-11(2)9-10-19-16(21)14-7-8-15(20-17(14)22)12-3-5-13(18)6-4-12/h3-8,11H,9-10H2,1-2H3,(H,19,21)(H,20,22). The van der Waals surface area contributed by atoms with Crippen molar-refractivity contribution in [2.45, 2.75) is 20.3 Å². The highest BCUT2D eigenvalue weighted by Crippen LogP contribution is 2.16. The van der Waals surface area contributed by atoms with E-state index in [0.717, 1.165) is 6.42 Å². The van der Waals surface area contributed by atoms with E-state index in [4.69, 9.17) is 0 Å². The summed E-state index contributed by atoms with van der Waals surface area (Å²) in [5, 5.41) is 2.73. The third-order valence-corrected chi connectivity index (χ3v) is 3.32. The van der Waals surface area contributed by atoms with Crippen molar-refractivity contribution < 1.29 is 9.18 Å². The van der Waals surface area contributed by atoms with Gasteiger partial charge in [0, 0.05) is 12.2 Å². The second kappa shape index (κ2) is 7.02. The third-order valence-electron chi connectivity index (χ3n) is 3.32. The Hall–Kier alpha value is -2.43. The SMILES string of the molecule is CC(C)CCNC(=O)c1ccc(-c2ccc(F)cc2)[nH]c1=O. The molecule has 2 N–H and O–H groups in total. The highest BCUT2D eigenvalue weighted by Gasteiger charge is 2.11. The van der Waals surface area contributed by atoms with Crippen molar-refractivity contribution in [2.24, 2.45) is 5.92 Å². The van der Waals surface area contributed by atoms with E-state index in [1.165, 1.54) is 18.2 Å². The minimum Gasteiger partial charge on any atom is -0.352 e. The van der Waals surface area contributed by atoms with Gasteiger partial charge < -0.3 is 10.3 Å². The van der Waals surface area contributed by atoms with Crippen LogP contribution in [0.25, 0.3) is 11.3 Å². The number of halogens is 1. The lowest BCUT2D eigenvalue weighted by molar-refractivity contribution is 0.0950. The molecule has 1 heterocycles. The fourth-order valence-corrected chi connectivity index (χ4v) is 2.02. The van der Waals surface area contributed by atoms with Crippen LogP contribution in [0.2, 0.25) is 0 Å². The van der Waals surface area contributed by atoms with Gasteiger partial charge in [0.05, 0.1) is 0 Å². The molecule has 0 spiro atoms. The van der Waals surface area contributed by atoms with Gasteiger partial charge in [0.2, 0.25) is 0 Å². The van der Waals surface area contributed by atoms with Crippen LogP contribution in [0.3, 0.4) is 0 Å². The number of carbonyl (C=O) groups excluding carboxylic acids is 1.